The van der Waals surface area contributed by atoms with Gasteiger partial charge in [-0.3, -0.25) is 18.5 Å². The Balaban J connectivity index is 0.00000324. The van der Waals surface area contributed by atoms with Gasteiger partial charge >= 0.3 is 5.97 Å². The summed E-state index contributed by atoms with van der Waals surface area (Å²) >= 11 is 6.01. The molecule has 6 N–H and O–H groups in total. The number of carboxylic acid groups (broad SMARTS) is 1. The maximum Gasteiger partial charge on any atom is 0.355 e. The first kappa shape index (κ1) is 46.7. The van der Waals surface area contributed by atoms with Gasteiger partial charge in [0.25, 0.3) is 36.3 Å². The molecule has 3 aromatic carbocycles. The number of hydrazone groups is 1. The first-order valence-corrected chi connectivity index (χ1v) is 17.8. The molecule has 21 nitrogen and oxygen atoms in total. The predicted octanol–water partition coefficient (Wildman–Crippen LogP) is 1.55. The standard InChI is InChI=1S/C25H18ClN9O12S3.3Na/c26-23-29-24(27-12-1-6-15(7-2-12)48(39,40)41)31-25(30-23)28-13-3-10-18(50(45,46)47)17(11-13)32-33-19-20(22(37)38)34-35(21(19)36)14-4-8-16(9-5-14)49(42,43)44;;;/h1-11,19H,(H,37,38)(H,39,40,41)(H,42,43,44)(H,45,46,47)(H2,27,28,29,30,31);;;. The van der Waals surface area contributed by atoms with E-state index in [2.05, 4.69) is 40.9 Å². The third kappa shape index (κ3) is 11.7. The summed E-state index contributed by atoms with van der Waals surface area (Å²) in [6.45, 7) is 0. The number of carbonyl (C=O) groups is 2. The number of hydrogen-bond acceptors (Lipinski definition) is 16. The van der Waals surface area contributed by atoms with Gasteiger partial charge in [0, 0.05) is 100 Å². The number of amides is 1. The molecule has 0 fully saturated rings. The summed E-state index contributed by atoms with van der Waals surface area (Å²) in [7, 11) is -14.0. The van der Waals surface area contributed by atoms with Crippen LogP contribution in [0.3, 0.4) is 0 Å². The molecule has 4 aromatic rings. The van der Waals surface area contributed by atoms with E-state index < -0.39 is 69.5 Å². The number of halogens is 1. The van der Waals surface area contributed by atoms with Crippen molar-refractivity contribution in [3.8, 4) is 0 Å². The van der Waals surface area contributed by atoms with Crippen molar-refractivity contribution < 1.29 is 53.6 Å². The number of anilines is 5. The van der Waals surface area contributed by atoms with Gasteiger partial charge in [0.05, 0.1) is 15.5 Å². The van der Waals surface area contributed by atoms with E-state index in [0.29, 0.717) is 5.01 Å². The van der Waals surface area contributed by atoms with Gasteiger partial charge in [-0.05, 0) is 78.3 Å². The Labute approximate surface area is 370 Å². The molecule has 0 spiro atoms. The number of aliphatic carboxylic acids is 1. The number of carboxylic acids is 1. The van der Waals surface area contributed by atoms with Crippen LogP contribution in [-0.4, -0.2) is 171 Å². The van der Waals surface area contributed by atoms with Crippen molar-refractivity contribution in [2.45, 2.75) is 20.7 Å². The maximum atomic E-state index is 13.1. The van der Waals surface area contributed by atoms with E-state index in [1.165, 1.54) is 12.1 Å². The fraction of sp³-hybridized carbons (Fsp3) is 0.0400. The normalized spacial score (nSPS) is 14.4. The van der Waals surface area contributed by atoms with Crippen LogP contribution < -0.4 is 15.6 Å². The zero-order valence-corrected chi connectivity index (χ0v) is 36.4. The molecule has 2 heterocycles. The van der Waals surface area contributed by atoms with Crippen LogP contribution >= 0.6 is 11.6 Å². The molecule has 1 aliphatic heterocycles. The Bertz CT molecular complexity index is 2440. The second kappa shape index (κ2) is 18.4. The van der Waals surface area contributed by atoms with Gasteiger partial charge in [0.15, 0.2) is 5.71 Å². The number of nitrogens with one attached hydrogen (secondary N) is 2. The summed E-state index contributed by atoms with van der Waals surface area (Å²) in [5.41, 5.74) is -1.23. The number of benzene rings is 3. The van der Waals surface area contributed by atoms with Gasteiger partial charge in [0.1, 0.15) is 10.6 Å². The Hall–Kier alpha value is -2.50. The third-order valence-electron chi connectivity index (χ3n) is 6.30. The van der Waals surface area contributed by atoms with Crippen molar-refractivity contribution in [3.05, 3.63) is 72.0 Å². The zero-order chi connectivity index (χ0) is 36.6. The van der Waals surface area contributed by atoms with Crippen molar-refractivity contribution in [1.29, 1.82) is 0 Å². The van der Waals surface area contributed by atoms with Crippen LogP contribution in [0.4, 0.5) is 34.6 Å². The van der Waals surface area contributed by atoms with Crippen molar-refractivity contribution in [2.24, 2.45) is 15.3 Å². The van der Waals surface area contributed by atoms with Crippen molar-refractivity contribution in [2.75, 3.05) is 15.6 Å². The molecule has 0 saturated carbocycles. The summed E-state index contributed by atoms with van der Waals surface area (Å²) in [5, 5.41) is 26.5. The molecule has 1 aromatic heterocycles. The quantitative estimate of drug-likeness (QED) is 0.0709. The number of carbonyl (C=O) groups excluding carboxylic acids is 1. The molecule has 0 aliphatic carbocycles. The first-order valence-electron chi connectivity index (χ1n) is 13.1. The van der Waals surface area contributed by atoms with Gasteiger partial charge in [0.2, 0.25) is 23.2 Å². The topological polar surface area (TPSA) is 321 Å². The molecular weight excluding hydrogens is 819 g/mol. The van der Waals surface area contributed by atoms with Gasteiger partial charge in [-0.2, -0.15) is 60.5 Å². The van der Waals surface area contributed by atoms with Gasteiger partial charge < -0.3 is 15.7 Å². The van der Waals surface area contributed by atoms with E-state index in [0.717, 1.165) is 54.6 Å². The molecule has 0 bridgehead atoms. The number of hydrogen-bond donors (Lipinski definition) is 6. The first-order chi connectivity index (χ1) is 23.3. The summed E-state index contributed by atoms with van der Waals surface area (Å²) in [6.07, 6.45) is 0. The fourth-order valence-corrected chi connectivity index (χ4v) is 5.82. The van der Waals surface area contributed by atoms with Gasteiger partial charge in [-0.25, -0.2) is 4.79 Å². The van der Waals surface area contributed by atoms with Crippen LogP contribution in [0.1, 0.15) is 0 Å². The number of nitrogens with zero attached hydrogens (tertiary/aromatic N) is 7. The minimum atomic E-state index is -4.96. The Morgan fingerprint density at radius 2 is 1.23 bits per heavy atom. The molecule has 263 valence electrons. The van der Waals surface area contributed by atoms with E-state index in [1.54, 1.807) is 0 Å². The average Bonchev–Trinajstić information content (AvgIpc) is 3.34. The number of rotatable bonds is 11. The van der Waals surface area contributed by atoms with Gasteiger partial charge in [-0.1, -0.05) is 0 Å². The van der Waals surface area contributed by atoms with Crippen molar-refractivity contribution in [3.63, 3.8) is 0 Å². The van der Waals surface area contributed by atoms with E-state index in [9.17, 15) is 49.1 Å². The Kier molecular flexibility index (Phi) is 16.2. The zero-order valence-electron chi connectivity index (χ0n) is 27.2. The number of aromatic nitrogens is 3. The molecule has 1 amide bonds. The summed E-state index contributed by atoms with van der Waals surface area (Å²) in [4.78, 5) is 35.3. The monoisotopic (exact) mass is 836 g/mol. The third-order valence-corrected chi connectivity index (χ3v) is 9.10. The van der Waals surface area contributed by atoms with Crippen molar-refractivity contribution in [1.82, 2.24) is 15.0 Å². The molecule has 28 heteroatoms. The van der Waals surface area contributed by atoms with Gasteiger partial charge in [-0.15, -0.1) is 0 Å². The fourth-order valence-electron chi connectivity index (χ4n) is 4.09. The summed E-state index contributed by atoms with van der Waals surface area (Å²) < 4.78 is 97.5. The van der Waals surface area contributed by atoms with E-state index in [-0.39, 0.29) is 128 Å². The molecule has 1 atom stereocenters. The predicted molar refractivity (Wildman–Crippen MR) is 188 cm³/mol. The molecule has 53 heavy (non-hydrogen) atoms. The summed E-state index contributed by atoms with van der Waals surface area (Å²) in [5.74, 6) is -3.14. The van der Waals surface area contributed by atoms with Crippen LogP contribution in [-0.2, 0) is 39.9 Å². The second-order valence-corrected chi connectivity index (χ2v) is 14.3. The van der Waals surface area contributed by atoms with Crippen LogP contribution in [0, 0.1) is 0 Å². The van der Waals surface area contributed by atoms with E-state index in [4.69, 9.17) is 16.2 Å². The second-order valence-electron chi connectivity index (χ2n) is 9.69. The maximum absolute atomic E-state index is 13.1. The van der Waals surface area contributed by atoms with Crippen LogP contribution in [0.5, 0.6) is 0 Å². The Morgan fingerprint density at radius 3 is 1.72 bits per heavy atom. The number of azo groups is 1. The molecule has 1 aliphatic rings. The molecule has 1 unspecified atom stereocenters. The van der Waals surface area contributed by atoms with Crippen LogP contribution in [0.15, 0.2) is 96.7 Å². The van der Waals surface area contributed by atoms with Crippen LogP contribution in [0.25, 0.3) is 0 Å². The minimum Gasteiger partial charge on any atom is -0.477 e. The smallest absolute Gasteiger partial charge is 0.355 e. The van der Waals surface area contributed by atoms with Crippen LogP contribution in [0.2, 0.25) is 5.28 Å². The van der Waals surface area contributed by atoms with Crippen molar-refractivity contribution >= 4 is 183 Å². The average molecular weight is 837 g/mol. The SMILES string of the molecule is O=C(O)C1=NN(c2ccc(S(=O)(=O)O)cc2)C(=O)C1N=Nc1cc(Nc2nc(Cl)nc(Nc3ccc(S(=O)(=O)O)cc3)n2)ccc1S(=O)(=O)O.[Na].[Na].[Na]. The van der Waals surface area contributed by atoms with E-state index >= 15 is 0 Å². The molecule has 3 radical (unpaired) electrons. The molecule has 5 rings (SSSR count). The molecular formula is C25H18ClN9Na3O12S3. The Morgan fingerprint density at radius 1 is 0.736 bits per heavy atom. The summed E-state index contributed by atoms with van der Waals surface area (Å²) in [6, 6.07) is 9.95. The molecule has 0 saturated heterocycles. The largest absolute Gasteiger partial charge is 0.477 e. The van der Waals surface area contributed by atoms with E-state index in [1.807, 2.05) is 0 Å². The minimum absolute atomic E-state index is 0.